The summed E-state index contributed by atoms with van der Waals surface area (Å²) in [6.45, 7) is 0. The fourth-order valence-corrected chi connectivity index (χ4v) is 1.18. The first-order chi connectivity index (χ1) is 7.10. The molecule has 5 nitrogen and oxygen atoms in total. The van der Waals surface area contributed by atoms with Crippen molar-refractivity contribution in [1.82, 2.24) is 0 Å². The first-order valence-corrected chi connectivity index (χ1v) is 4.27. The number of hydrogen-bond acceptors (Lipinski definition) is 4. The molecule has 2 N–H and O–H groups in total. The van der Waals surface area contributed by atoms with E-state index in [-0.39, 0.29) is 16.5 Å². The Bertz CT molecular complexity index is 417. The third kappa shape index (κ3) is 2.38. The zero-order valence-corrected chi connectivity index (χ0v) is 8.52. The second-order valence-corrected chi connectivity index (χ2v) is 2.97. The molecule has 0 aliphatic rings. The third-order valence-corrected chi connectivity index (χ3v) is 2.05. The number of hydrogen-bond donors (Lipinski definition) is 2. The zero-order chi connectivity index (χ0) is 11.4. The topological polar surface area (TPSA) is 79.1 Å². The summed E-state index contributed by atoms with van der Waals surface area (Å²) in [4.78, 5) is 10.8. The molecular weight excluding hydrogens is 222 g/mol. The fraction of sp³-hybridized carbons (Fsp3) is 0.111. The van der Waals surface area contributed by atoms with Crippen molar-refractivity contribution >= 4 is 22.7 Å². The first-order valence-electron chi connectivity index (χ1n) is 3.89. The number of halogens is 1. The minimum Gasteiger partial charge on any atom is -0.496 e. The Balaban J connectivity index is 3.28. The summed E-state index contributed by atoms with van der Waals surface area (Å²) < 4.78 is 4.85. The highest BCUT2D eigenvalue weighted by molar-refractivity contribution is 6.69. The SMILES string of the molecule is COc1ccc(C(Cl)=NO)cc1C(=O)O. The Morgan fingerprint density at radius 3 is 2.67 bits per heavy atom. The molecule has 0 saturated carbocycles. The summed E-state index contributed by atoms with van der Waals surface area (Å²) in [5.74, 6) is -0.926. The molecule has 0 aliphatic heterocycles. The zero-order valence-electron chi connectivity index (χ0n) is 7.77. The van der Waals surface area contributed by atoms with Crippen LogP contribution in [0.25, 0.3) is 0 Å². The van der Waals surface area contributed by atoms with Crippen LogP contribution in [-0.4, -0.2) is 28.6 Å². The maximum atomic E-state index is 10.8. The van der Waals surface area contributed by atoms with Crippen LogP contribution in [0, 0.1) is 0 Å². The van der Waals surface area contributed by atoms with Crippen LogP contribution in [0.15, 0.2) is 23.4 Å². The van der Waals surface area contributed by atoms with Gasteiger partial charge in [-0.25, -0.2) is 4.79 Å². The quantitative estimate of drug-likeness (QED) is 0.470. The summed E-state index contributed by atoms with van der Waals surface area (Å²) in [6, 6.07) is 4.20. The van der Waals surface area contributed by atoms with Gasteiger partial charge in [-0.3, -0.25) is 0 Å². The van der Waals surface area contributed by atoms with Crippen LogP contribution in [0.1, 0.15) is 15.9 Å². The summed E-state index contributed by atoms with van der Waals surface area (Å²) in [5, 5.41) is 19.9. The van der Waals surface area contributed by atoms with Gasteiger partial charge in [0.25, 0.3) is 0 Å². The monoisotopic (exact) mass is 229 g/mol. The predicted molar refractivity (Wildman–Crippen MR) is 54.1 cm³/mol. The lowest BCUT2D eigenvalue weighted by molar-refractivity contribution is 0.0693. The van der Waals surface area contributed by atoms with Gasteiger partial charge in [0.1, 0.15) is 11.3 Å². The van der Waals surface area contributed by atoms with Gasteiger partial charge in [-0.1, -0.05) is 16.8 Å². The van der Waals surface area contributed by atoms with Gasteiger partial charge in [-0.2, -0.15) is 0 Å². The maximum absolute atomic E-state index is 10.8. The molecule has 0 unspecified atom stereocenters. The molecule has 1 aromatic rings. The summed E-state index contributed by atoms with van der Waals surface area (Å²) in [5.41, 5.74) is 0.258. The van der Waals surface area contributed by atoms with Gasteiger partial charge in [0.2, 0.25) is 0 Å². The van der Waals surface area contributed by atoms with Crippen molar-refractivity contribution < 1.29 is 19.8 Å². The van der Waals surface area contributed by atoms with Crippen molar-refractivity contribution in [3.8, 4) is 5.75 Å². The van der Waals surface area contributed by atoms with Crippen LogP contribution >= 0.6 is 11.6 Å². The second kappa shape index (κ2) is 4.65. The summed E-state index contributed by atoms with van der Waals surface area (Å²) in [7, 11) is 1.36. The minimum atomic E-state index is -1.14. The number of ether oxygens (including phenoxy) is 1. The lowest BCUT2D eigenvalue weighted by Crippen LogP contribution is -2.03. The molecular formula is C9H8ClNO4. The largest absolute Gasteiger partial charge is 0.496 e. The van der Waals surface area contributed by atoms with E-state index in [4.69, 9.17) is 26.7 Å². The van der Waals surface area contributed by atoms with Gasteiger partial charge >= 0.3 is 5.97 Å². The van der Waals surface area contributed by atoms with Crippen molar-refractivity contribution in [2.45, 2.75) is 0 Å². The highest BCUT2D eigenvalue weighted by Crippen LogP contribution is 2.20. The fourth-order valence-electron chi connectivity index (χ4n) is 1.06. The van der Waals surface area contributed by atoms with E-state index in [0.29, 0.717) is 5.56 Å². The van der Waals surface area contributed by atoms with Crippen LogP contribution in [-0.2, 0) is 0 Å². The lowest BCUT2D eigenvalue weighted by Gasteiger charge is -2.05. The van der Waals surface area contributed by atoms with E-state index in [1.165, 1.54) is 25.3 Å². The van der Waals surface area contributed by atoms with Crippen LogP contribution in [0.2, 0.25) is 0 Å². The first kappa shape index (κ1) is 11.3. The van der Waals surface area contributed by atoms with Crippen LogP contribution < -0.4 is 4.74 Å². The highest BCUT2D eigenvalue weighted by atomic mass is 35.5. The second-order valence-electron chi connectivity index (χ2n) is 2.61. The van der Waals surface area contributed by atoms with Crippen molar-refractivity contribution in [2.75, 3.05) is 7.11 Å². The number of methoxy groups -OCH3 is 1. The van der Waals surface area contributed by atoms with Gasteiger partial charge in [0.05, 0.1) is 7.11 Å². The number of carboxylic acid groups (broad SMARTS) is 1. The molecule has 0 amide bonds. The molecule has 15 heavy (non-hydrogen) atoms. The van der Waals surface area contributed by atoms with Gasteiger partial charge in [-0.15, -0.1) is 0 Å². The molecule has 1 aromatic carbocycles. The standard InChI is InChI=1S/C9H8ClNO4/c1-15-7-3-2-5(8(10)11-14)4-6(7)9(12)13/h2-4,14H,1H3,(H,12,13). The number of nitrogens with zero attached hydrogens (tertiary/aromatic N) is 1. The van der Waals surface area contributed by atoms with Crippen molar-refractivity contribution in [2.24, 2.45) is 5.16 Å². The van der Waals surface area contributed by atoms with Crippen molar-refractivity contribution in [1.29, 1.82) is 0 Å². The Kier molecular flexibility index (Phi) is 3.51. The van der Waals surface area contributed by atoms with E-state index >= 15 is 0 Å². The molecule has 1 rings (SSSR count). The molecule has 0 atom stereocenters. The number of carbonyl (C=O) groups is 1. The smallest absolute Gasteiger partial charge is 0.339 e. The van der Waals surface area contributed by atoms with Crippen molar-refractivity contribution in [3.63, 3.8) is 0 Å². The third-order valence-electron chi connectivity index (χ3n) is 1.76. The van der Waals surface area contributed by atoms with E-state index in [1.54, 1.807) is 0 Å². The average Bonchev–Trinajstić information content (AvgIpc) is 2.27. The molecule has 0 heterocycles. The van der Waals surface area contributed by atoms with Crippen LogP contribution in [0.4, 0.5) is 0 Å². The highest BCUT2D eigenvalue weighted by Gasteiger charge is 2.13. The average molecular weight is 230 g/mol. The predicted octanol–water partition coefficient (Wildman–Crippen LogP) is 1.77. The Morgan fingerprint density at radius 1 is 1.53 bits per heavy atom. The van der Waals surface area contributed by atoms with E-state index in [2.05, 4.69) is 5.16 Å². The lowest BCUT2D eigenvalue weighted by atomic mass is 10.1. The van der Waals surface area contributed by atoms with E-state index < -0.39 is 5.97 Å². The molecule has 0 aromatic heterocycles. The maximum Gasteiger partial charge on any atom is 0.339 e. The number of carboxylic acids is 1. The van der Waals surface area contributed by atoms with E-state index in [1.807, 2.05) is 0 Å². The molecule has 0 fully saturated rings. The number of rotatable bonds is 3. The number of aromatic carboxylic acids is 1. The van der Waals surface area contributed by atoms with Crippen LogP contribution in [0.3, 0.4) is 0 Å². The molecule has 0 aliphatic carbocycles. The van der Waals surface area contributed by atoms with Crippen molar-refractivity contribution in [3.05, 3.63) is 29.3 Å². The summed E-state index contributed by atoms with van der Waals surface area (Å²) in [6.07, 6.45) is 0. The summed E-state index contributed by atoms with van der Waals surface area (Å²) >= 11 is 5.53. The molecule has 0 spiro atoms. The van der Waals surface area contributed by atoms with Gasteiger partial charge in [0.15, 0.2) is 5.17 Å². The molecule has 0 bridgehead atoms. The van der Waals surface area contributed by atoms with Gasteiger partial charge in [0, 0.05) is 5.56 Å². The number of benzene rings is 1. The van der Waals surface area contributed by atoms with E-state index in [9.17, 15) is 4.79 Å². The molecule has 0 saturated heterocycles. The molecule has 80 valence electrons. The minimum absolute atomic E-state index is 0.0446. The van der Waals surface area contributed by atoms with Gasteiger partial charge in [-0.05, 0) is 18.2 Å². The van der Waals surface area contributed by atoms with E-state index in [0.717, 1.165) is 0 Å². The van der Waals surface area contributed by atoms with Gasteiger partial charge < -0.3 is 15.1 Å². The Labute approximate surface area is 90.5 Å². The molecule has 0 radical (unpaired) electrons. The molecule has 6 heteroatoms. The Morgan fingerprint density at radius 2 is 2.20 bits per heavy atom. The number of oxime groups is 1. The Hall–Kier alpha value is -1.75. The van der Waals surface area contributed by atoms with Crippen LogP contribution in [0.5, 0.6) is 5.75 Å². The normalized spacial score (nSPS) is 11.2.